The second kappa shape index (κ2) is 14.1. The SMILES string of the molecule is COc1cc2c(c(OC)c1CC=C(C)C)C(=O)CC(c1ccc(OC)c(OC)c1C/C=C(/C)CCC=C(C)C)O2. The first-order chi connectivity index (χ1) is 19.1. The highest BCUT2D eigenvalue weighted by atomic mass is 16.5. The van der Waals surface area contributed by atoms with E-state index in [4.69, 9.17) is 23.7 Å². The predicted molar refractivity (Wildman–Crippen MR) is 161 cm³/mol. The van der Waals surface area contributed by atoms with Crippen LogP contribution in [0.1, 0.15) is 87.0 Å². The minimum atomic E-state index is -0.493. The molecule has 1 aliphatic rings. The Labute approximate surface area is 239 Å². The Morgan fingerprint density at radius 2 is 1.48 bits per heavy atom. The van der Waals surface area contributed by atoms with Gasteiger partial charge in [0.05, 0.1) is 34.9 Å². The summed E-state index contributed by atoms with van der Waals surface area (Å²) in [5.41, 5.74) is 6.93. The minimum Gasteiger partial charge on any atom is -0.496 e. The summed E-state index contributed by atoms with van der Waals surface area (Å²) in [4.78, 5) is 13.7. The van der Waals surface area contributed by atoms with Gasteiger partial charge in [-0.15, -0.1) is 0 Å². The number of ketones is 1. The lowest BCUT2D eigenvalue weighted by Gasteiger charge is -2.30. The van der Waals surface area contributed by atoms with Gasteiger partial charge in [-0.1, -0.05) is 41.0 Å². The number of ether oxygens (including phenoxy) is 5. The largest absolute Gasteiger partial charge is 0.496 e. The van der Waals surface area contributed by atoms with Gasteiger partial charge in [0.15, 0.2) is 17.3 Å². The van der Waals surface area contributed by atoms with Crippen molar-refractivity contribution in [3.63, 3.8) is 0 Å². The zero-order chi connectivity index (χ0) is 29.4. The summed E-state index contributed by atoms with van der Waals surface area (Å²) in [6.45, 7) is 10.5. The van der Waals surface area contributed by atoms with Crippen molar-refractivity contribution in [2.24, 2.45) is 0 Å². The Bertz CT molecular complexity index is 1310. The fraction of sp³-hybridized carbons (Fsp3) is 0.441. The molecule has 0 bridgehead atoms. The highest BCUT2D eigenvalue weighted by molar-refractivity contribution is 6.03. The van der Waals surface area contributed by atoms with Gasteiger partial charge in [0.2, 0.25) is 0 Å². The number of fused-ring (bicyclic) bond motifs is 1. The second-order valence-electron chi connectivity index (χ2n) is 10.6. The number of rotatable bonds is 12. The zero-order valence-electron chi connectivity index (χ0n) is 25.5. The Morgan fingerprint density at radius 3 is 2.08 bits per heavy atom. The smallest absolute Gasteiger partial charge is 0.174 e. The third-order valence-electron chi connectivity index (χ3n) is 7.14. The van der Waals surface area contributed by atoms with E-state index in [2.05, 4.69) is 39.0 Å². The number of hydrogen-bond donors (Lipinski definition) is 0. The van der Waals surface area contributed by atoms with Crippen LogP contribution in [0, 0.1) is 0 Å². The highest BCUT2D eigenvalue weighted by Gasteiger charge is 2.35. The molecule has 1 aliphatic heterocycles. The molecule has 0 amide bonds. The molecule has 1 atom stereocenters. The molecule has 0 saturated heterocycles. The third kappa shape index (κ3) is 7.09. The van der Waals surface area contributed by atoms with Gasteiger partial charge in [0.25, 0.3) is 0 Å². The number of benzene rings is 2. The van der Waals surface area contributed by atoms with Crippen LogP contribution in [0.4, 0.5) is 0 Å². The van der Waals surface area contributed by atoms with Gasteiger partial charge in [-0.25, -0.2) is 0 Å². The number of Topliss-reactive ketones (excluding diaryl/α,β-unsaturated/α-hetero) is 1. The fourth-order valence-corrected chi connectivity index (χ4v) is 5.04. The van der Waals surface area contributed by atoms with Crippen molar-refractivity contribution in [2.45, 2.75) is 72.8 Å². The third-order valence-corrected chi connectivity index (χ3v) is 7.14. The molecule has 0 N–H and O–H groups in total. The van der Waals surface area contributed by atoms with E-state index in [9.17, 15) is 4.79 Å². The molecule has 1 heterocycles. The van der Waals surface area contributed by atoms with Crippen LogP contribution in [0.5, 0.6) is 28.7 Å². The van der Waals surface area contributed by atoms with E-state index in [0.717, 1.165) is 29.5 Å². The quantitative estimate of drug-likeness (QED) is 0.249. The van der Waals surface area contributed by atoms with E-state index in [-0.39, 0.29) is 12.2 Å². The Balaban J connectivity index is 2.06. The van der Waals surface area contributed by atoms with Gasteiger partial charge in [-0.3, -0.25) is 4.79 Å². The number of methoxy groups -OCH3 is 4. The van der Waals surface area contributed by atoms with Crippen LogP contribution in [-0.4, -0.2) is 34.2 Å². The lowest BCUT2D eigenvalue weighted by molar-refractivity contribution is 0.0842. The highest BCUT2D eigenvalue weighted by Crippen LogP contribution is 2.47. The van der Waals surface area contributed by atoms with Gasteiger partial charge in [-0.2, -0.15) is 0 Å². The van der Waals surface area contributed by atoms with Crippen LogP contribution < -0.4 is 23.7 Å². The van der Waals surface area contributed by atoms with E-state index >= 15 is 0 Å². The summed E-state index contributed by atoms with van der Waals surface area (Å²) in [5, 5.41) is 0. The average Bonchev–Trinajstić information content (AvgIpc) is 2.92. The molecule has 0 fully saturated rings. The number of carbonyl (C=O) groups is 1. The minimum absolute atomic E-state index is 0.0293. The van der Waals surface area contributed by atoms with Crippen LogP contribution in [0.15, 0.2) is 53.1 Å². The molecule has 6 nitrogen and oxygen atoms in total. The molecular weight excluding hydrogens is 504 g/mol. The second-order valence-corrected chi connectivity index (χ2v) is 10.6. The van der Waals surface area contributed by atoms with Crippen molar-refractivity contribution >= 4 is 5.78 Å². The molecule has 2 aromatic carbocycles. The van der Waals surface area contributed by atoms with Gasteiger partial charge >= 0.3 is 0 Å². The van der Waals surface area contributed by atoms with Crippen LogP contribution in [-0.2, 0) is 12.8 Å². The Hall–Kier alpha value is -3.67. The topological polar surface area (TPSA) is 63.2 Å². The first-order valence-corrected chi connectivity index (χ1v) is 13.8. The normalized spacial score (nSPS) is 14.6. The predicted octanol–water partition coefficient (Wildman–Crippen LogP) is 8.17. The van der Waals surface area contributed by atoms with Crippen molar-refractivity contribution in [1.29, 1.82) is 0 Å². The summed E-state index contributed by atoms with van der Waals surface area (Å²) in [5.74, 6) is 2.87. The molecule has 0 aromatic heterocycles. The van der Waals surface area contributed by atoms with Gasteiger partial charge in [-0.05, 0) is 66.4 Å². The van der Waals surface area contributed by atoms with E-state index in [1.807, 2.05) is 32.0 Å². The van der Waals surface area contributed by atoms with Crippen LogP contribution in [0.3, 0.4) is 0 Å². The molecule has 0 saturated carbocycles. The molecule has 0 spiro atoms. The van der Waals surface area contributed by atoms with Gasteiger partial charge in [0, 0.05) is 22.8 Å². The molecule has 1 unspecified atom stereocenters. The molecule has 3 rings (SSSR count). The molecule has 40 heavy (non-hydrogen) atoms. The van der Waals surface area contributed by atoms with Crippen molar-refractivity contribution in [1.82, 2.24) is 0 Å². The van der Waals surface area contributed by atoms with Gasteiger partial charge in [0.1, 0.15) is 28.9 Å². The van der Waals surface area contributed by atoms with E-state index in [1.165, 1.54) is 16.7 Å². The Morgan fingerprint density at radius 1 is 0.825 bits per heavy atom. The molecule has 0 radical (unpaired) electrons. The standard InChI is InChI=1S/C34H44O6/c1-21(2)11-10-12-23(5)14-16-25-24(17-18-28(36-6)33(25)38-8)30-19-27(35)32-31(40-30)20-29(37-7)26(34(32)39-9)15-13-22(3)4/h11,13-14,17-18,20,30H,10,12,15-16,19H2,1-9H3/b23-14-. The molecule has 6 heteroatoms. The van der Waals surface area contributed by atoms with Crippen molar-refractivity contribution < 1.29 is 28.5 Å². The Kier molecular flexibility index (Phi) is 10.9. The van der Waals surface area contributed by atoms with Crippen LogP contribution in [0.25, 0.3) is 0 Å². The zero-order valence-corrected chi connectivity index (χ0v) is 25.5. The first kappa shape index (κ1) is 30.9. The van der Waals surface area contributed by atoms with Crippen molar-refractivity contribution in [3.05, 3.63) is 75.4 Å². The lowest BCUT2D eigenvalue weighted by atomic mass is 9.89. The maximum Gasteiger partial charge on any atom is 0.174 e. The van der Waals surface area contributed by atoms with Crippen molar-refractivity contribution in [2.75, 3.05) is 28.4 Å². The summed E-state index contributed by atoms with van der Waals surface area (Å²) in [7, 11) is 6.47. The maximum absolute atomic E-state index is 13.7. The number of hydrogen-bond acceptors (Lipinski definition) is 6. The molecule has 0 aliphatic carbocycles. The van der Waals surface area contributed by atoms with E-state index in [1.54, 1.807) is 28.4 Å². The fourth-order valence-electron chi connectivity index (χ4n) is 5.04. The molecular formula is C34H44O6. The van der Waals surface area contributed by atoms with Crippen LogP contribution in [0.2, 0.25) is 0 Å². The monoisotopic (exact) mass is 548 g/mol. The van der Waals surface area contributed by atoms with E-state index < -0.39 is 6.10 Å². The molecule has 216 valence electrons. The summed E-state index contributed by atoms with van der Waals surface area (Å²) >= 11 is 0. The maximum atomic E-state index is 13.7. The molecule has 2 aromatic rings. The summed E-state index contributed by atoms with van der Waals surface area (Å²) < 4.78 is 29.5. The average molecular weight is 549 g/mol. The van der Waals surface area contributed by atoms with Crippen molar-refractivity contribution in [3.8, 4) is 28.7 Å². The van der Waals surface area contributed by atoms with Gasteiger partial charge < -0.3 is 23.7 Å². The number of allylic oxidation sites excluding steroid dienone is 6. The lowest BCUT2D eigenvalue weighted by Crippen LogP contribution is -2.23. The van der Waals surface area contributed by atoms with Crippen LogP contribution >= 0.6 is 0 Å². The number of carbonyl (C=O) groups excluding carboxylic acids is 1. The summed E-state index contributed by atoms with van der Waals surface area (Å²) in [6.07, 6.45) is 9.46. The first-order valence-electron chi connectivity index (χ1n) is 13.8. The van der Waals surface area contributed by atoms with E-state index in [0.29, 0.717) is 47.2 Å². The summed E-state index contributed by atoms with van der Waals surface area (Å²) in [6, 6.07) is 5.66.